The van der Waals surface area contributed by atoms with Crippen LogP contribution in [0.3, 0.4) is 0 Å². The predicted octanol–water partition coefficient (Wildman–Crippen LogP) is 4.00. The summed E-state index contributed by atoms with van der Waals surface area (Å²) in [7, 11) is 4.45. The maximum atomic E-state index is 12.6. The van der Waals surface area contributed by atoms with Crippen molar-refractivity contribution in [2.24, 2.45) is 0 Å². The standard InChI is InChI=1S/C20H18N2O6/c1-26-18-8-13(9-19(27-2)20(18)28-3)17(23)7-4-12-11-21-16-10-14(22(24)25)5-6-15(12)16/h4-11,21H,1-3H3/b7-4+. The van der Waals surface area contributed by atoms with E-state index in [-0.39, 0.29) is 11.5 Å². The lowest BCUT2D eigenvalue weighted by Gasteiger charge is -2.13. The zero-order chi connectivity index (χ0) is 20.3. The van der Waals surface area contributed by atoms with Gasteiger partial charge >= 0.3 is 0 Å². The number of carbonyl (C=O) groups excluding carboxylic acids is 1. The third-order valence-electron chi connectivity index (χ3n) is 4.27. The van der Waals surface area contributed by atoms with Crippen molar-refractivity contribution in [3.8, 4) is 17.2 Å². The molecule has 0 aliphatic rings. The molecule has 0 atom stereocenters. The molecule has 0 spiro atoms. The predicted molar refractivity (Wildman–Crippen MR) is 104 cm³/mol. The molecule has 2 aromatic carbocycles. The van der Waals surface area contributed by atoms with Gasteiger partial charge in [-0.05, 0) is 35.9 Å². The van der Waals surface area contributed by atoms with Crippen molar-refractivity contribution in [2.75, 3.05) is 21.3 Å². The van der Waals surface area contributed by atoms with Crippen molar-refractivity contribution in [1.82, 2.24) is 4.98 Å². The van der Waals surface area contributed by atoms with Gasteiger partial charge in [-0.3, -0.25) is 14.9 Å². The molecule has 144 valence electrons. The summed E-state index contributed by atoms with van der Waals surface area (Å²) >= 11 is 0. The Labute approximate surface area is 160 Å². The van der Waals surface area contributed by atoms with Crippen molar-refractivity contribution >= 4 is 28.4 Å². The lowest BCUT2D eigenvalue weighted by molar-refractivity contribution is -0.384. The Hall–Kier alpha value is -3.81. The summed E-state index contributed by atoms with van der Waals surface area (Å²) in [6, 6.07) is 7.68. The summed E-state index contributed by atoms with van der Waals surface area (Å²) in [5.41, 5.74) is 1.74. The highest BCUT2D eigenvalue weighted by Crippen LogP contribution is 2.38. The average molecular weight is 382 g/mol. The fraction of sp³-hybridized carbons (Fsp3) is 0.150. The normalized spacial score (nSPS) is 11.0. The lowest BCUT2D eigenvalue weighted by atomic mass is 10.1. The second-order valence-electron chi connectivity index (χ2n) is 5.84. The largest absolute Gasteiger partial charge is 0.493 e. The first-order valence-electron chi connectivity index (χ1n) is 8.26. The van der Waals surface area contributed by atoms with Gasteiger partial charge in [-0.15, -0.1) is 0 Å². The topological polar surface area (TPSA) is 104 Å². The third-order valence-corrected chi connectivity index (χ3v) is 4.27. The molecule has 1 N–H and O–H groups in total. The van der Waals surface area contributed by atoms with Gasteiger partial charge < -0.3 is 19.2 Å². The molecule has 0 aliphatic heterocycles. The molecule has 1 heterocycles. The van der Waals surface area contributed by atoms with Crippen LogP contribution in [0.5, 0.6) is 17.2 Å². The van der Waals surface area contributed by atoms with Crippen molar-refractivity contribution < 1.29 is 23.9 Å². The van der Waals surface area contributed by atoms with E-state index in [2.05, 4.69) is 4.98 Å². The number of fused-ring (bicyclic) bond motifs is 1. The molecule has 0 bridgehead atoms. The van der Waals surface area contributed by atoms with Gasteiger partial charge in [0.05, 0.1) is 31.8 Å². The Morgan fingerprint density at radius 2 is 1.75 bits per heavy atom. The Morgan fingerprint density at radius 1 is 1.07 bits per heavy atom. The van der Waals surface area contributed by atoms with Crippen molar-refractivity contribution in [3.05, 3.63) is 63.8 Å². The molecule has 0 radical (unpaired) electrons. The molecule has 0 amide bonds. The van der Waals surface area contributed by atoms with E-state index in [0.717, 1.165) is 10.9 Å². The number of benzene rings is 2. The number of H-pyrrole nitrogens is 1. The highest BCUT2D eigenvalue weighted by Gasteiger charge is 2.16. The van der Waals surface area contributed by atoms with Crippen LogP contribution in [-0.2, 0) is 0 Å². The number of aromatic nitrogens is 1. The maximum absolute atomic E-state index is 12.6. The summed E-state index contributed by atoms with van der Waals surface area (Å²) in [5.74, 6) is 0.926. The number of methoxy groups -OCH3 is 3. The average Bonchev–Trinajstić information content (AvgIpc) is 3.12. The number of hydrogen-bond acceptors (Lipinski definition) is 6. The highest BCUT2D eigenvalue weighted by atomic mass is 16.6. The van der Waals surface area contributed by atoms with Crippen LogP contribution in [0.2, 0.25) is 0 Å². The van der Waals surface area contributed by atoms with E-state index < -0.39 is 4.92 Å². The summed E-state index contributed by atoms with van der Waals surface area (Å²) < 4.78 is 15.8. The Balaban J connectivity index is 1.92. The first-order chi connectivity index (χ1) is 13.5. The van der Waals surface area contributed by atoms with Crippen molar-refractivity contribution in [3.63, 3.8) is 0 Å². The minimum Gasteiger partial charge on any atom is -0.493 e. The van der Waals surface area contributed by atoms with E-state index >= 15 is 0 Å². The van der Waals surface area contributed by atoms with Gasteiger partial charge in [0.25, 0.3) is 5.69 Å². The van der Waals surface area contributed by atoms with Crippen LogP contribution in [0.15, 0.2) is 42.6 Å². The fourth-order valence-corrected chi connectivity index (χ4v) is 2.87. The van der Waals surface area contributed by atoms with Crippen LogP contribution in [0, 0.1) is 10.1 Å². The smallest absolute Gasteiger partial charge is 0.271 e. The Kier molecular flexibility index (Phi) is 5.30. The Bertz CT molecular complexity index is 1060. The Morgan fingerprint density at radius 3 is 2.32 bits per heavy atom. The summed E-state index contributed by atoms with van der Waals surface area (Å²) in [6.07, 6.45) is 4.76. The van der Waals surface area contributed by atoms with E-state index in [1.807, 2.05) is 0 Å². The van der Waals surface area contributed by atoms with Crippen LogP contribution >= 0.6 is 0 Å². The van der Waals surface area contributed by atoms with Gasteiger partial charge in [0.1, 0.15) is 0 Å². The number of ether oxygens (including phenoxy) is 3. The first kappa shape index (κ1) is 19.0. The molecular weight excluding hydrogens is 364 g/mol. The number of nitrogens with one attached hydrogen (secondary N) is 1. The van der Waals surface area contributed by atoms with Crippen LogP contribution < -0.4 is 14.2 Å². The monoisotopic (exact) mass is 382 g/mol. The maximum Gasteiger partial charge on any atom is 0.271 e. The zero-order valence-corrected chi connectivity index (χ0v) is 15.5. The van der Waals surface area contributed by atoms with Crippen LogP contribution in [0.4, 0.5) is 5.69 Å². The number of nitro groups is 1. The molecule has 0 unspecified atom stereocenters. The molecule has 28 heavy (non-hydrogen) atoms. The van der Waals surface area contributed by atoms with E-state index in [0.29, 0.717) is 28.3 Å². The van der Waals surface area contributed by atoms with Gasteiger partial charge in [0.2, 0.25) is 5.75 Å². The zero-order valence-electron chi connectivity index (χ0n) is 15.5. The first-order valence-corrected chi connectivity index (χ1v) is 8.26. The van der Waals surface area contributed by atoms with Gasteiger partial charge in [0.15, 0.2) is 17.3 Å². The van der Waals surface area contributed by atoms with E-state index in [9.17, 15) is 14.9 Å². The number of nitro benzene ring substituents is 1. The molecule has 0 saturated carbocycles. The summed E-state index contributed by atoms with van der Waals surface area (Å²) in [4.78, 5) is 26.0. The molecule has 0 saturated heterocycles. The van der Waals surface area contributed by atoms with Crippen LogP contribution in [0.1, 0.15) is 15.9 Å². The lowest BCUT2D eigenvalue weighted by Crippen LogP contribution is -2.00. The third kappa shape index (κ3) is 3.52. The number of nitrogens with zero attached hydrogens (tertiary/aromatic N) is 1. The number of carbonyl (C=O) groups is 1. The second kappa shape index (κ2) is 7.83. The quantitative estimate of drug-likeness (QED) is 0.287. The summed E-state index contributed by atoms with van der Waals surface area (Å²) in [6.45, 7) is 0. The second-order valence-corrected chi connectivity index (χ2v) is 5.84. The van der Waals surface area contributed by atoms with Gasteiger partial charge in [-0.1, -0.05) is 0 Å². The minimum atomic E-state index is -0.455. The van der Waals surface area contributed by atoms with E-state index in [1.54, 1.807) is 30.5 Å². The van der Waals surface area contributed by atoms with Gasteiger partial charge in [-0.25, -0.2) is 0 Å². The van der Waals surface area contributed by atoms with E-state index in [4.69, 9.17) is 14.2 Å². The fourth-order valence-electron chi connectivity index (χ4n) is 2.87. The van der Waals surface area contributed by atoms with Gasteiger partial charge in [-0.2, -0.15) is 0 Å². The number of rotatable bonds is 7. The highest BCUT2D eigenvalue weighted by molar-refractivity contribution is 6.08. The van der Waals surface area contributed by atoms with Crippen LogP contribution in [-0.4, -0.2) is 37.0 Å². The number of ketones is 1. The number of hydrogen-bond donors (Lipinski definition) is 1. The number of allylic oxidation sites excluding steroid dienone is 1. The van der Waals surface area contributed by atoms with Crippen LogP contribution in [0.25, 0.3) is 17.0 Å². The molecule has 0 aliphatic carbocycles. The molecule has 3 rings (SSSR count). The van der Waals surface area contributed by atoms with Crippen molar-refractivity contribution in [1.29, 1.82) is 0 Å². The number of non-ortho nitro benzene ring substituents is 1. The molecule has 0 fully saturated rings. The SMILES string of the molecule is COc1cc(C(=O)/C=C/c2c[nH]c3cc([N+](=O)[O-])ccc23)cc(OC)c1OC. The number of aromatic amines is 1. The van der Waals surface area contributed by atoms with Gasteiger partial charge in [0, 0.05) is 29.3 Å². The molecule has 8 heteroatoms. The molecule has 8 nitrogen and oxygen atoms in total. The minimum absolute atomic E-state index is 0.00150. The molecular formula is C20H18N2O6. The molecule has 1 aromatic heterocycles. The van der Waals surface area contributed by atoms with Crippen molar-refractivity contribution in [2.45, 2.75) is 0 Å². The molecule has 3 aromatic rings. The van der Waals surface area contributed by atoms with E-state index in [1.165, 1.54) is 39.5 Å². The summed E-state index contributed by atoms with van der Waals surface area (Å²) in [5, 5.41) is 11.7.